The fraction of sp³-hybridized carbons (Fsp3) is 0.538. The van der Waals surface area contributed by atoms with Gasteiger partial charge in [-0.3, -0.25) is 4.79 Å². The topological polar surface area (TPSA) is 51.7 Å². The molecule has 1 aromatic rings. The summed E-state index contributed by atoms with van der Waals surface area (Å²) in [6.07, 6.45) is 1.64. The van der Waals surface area contributed by atoms with E-state index in [9.17, 15) is 4.79 Å². The van der Waals surface area contributed by atoms with Crippen LogP contribution in [-0.2, 0) is 9.47 Å². The molecule has 0 saturated heterocycles. The molecular weight excluding hydrogens is 312 g/mol. The van der Waals surface area contributed by atoms with Crippen molar-refractivity contribution in [3.8, 4) is 0 Å². The summed E-state index contributed by atoms with van der Waals surface area (Å²) in [7, 11) is 3.24. The Hall–Kier alpha value is -0.980. The normalized spacial score (nSPS) is 12.2. The molecule has 1 rings (SSSR count). The zero-order valence-corrected chi connectivity index (χ0v) is 13.0. The van der Waals surface area contributed by atoms with Crippen LogP contribution in [0.1, 0.15) is 17.3 Å². The van der Waals surface area contributed by atoms with E-state index in [0.29, 0.717) is 29.9 Å². The van der Waals surface area contributed by atoms with Gasteiger partial charge in [0, 0.05) is 27.0 Å². The molecule has 0 bridgehead atoms. The van der Waals surface area contributed by atoms with E-state index >= 15 is 0 Å². The van der Waals surface area contributed by atoms with Gasteiger partial charge in [-0.2, -0.15) is 0 Å². The second kappa shape index (κ2) is 8.24. The Morgan fingerprint density at radius 3 is 2.79 bits per heavy atom. The predicted molar refractivity (Wildman–Crippen MR) is 76.2 cm³/mol. The van der Waals surface area contributed by atoms with E-state index < -0.39 is 0 Å². The Morgan fingerprint density at radius 2 is 2.21 bits per heavy atom. The van der Waals surface area contributed by atoms with E-state index in [1.165, 1.54) is 0 Å². The van der Waals surface area contributed by atoms with Gasteiger partial charge in [0.1, 0.15) is 4.60 Å². The van der Waals surface area contributed by atoms with Crippen molar-refractivity contribution >= 4 is 21.8 Å². The van der Waals surface area contributed by atoms with Crippen LogP contribution in [0.3, 0.4) is 0 Å². The second-order valence-corrected chi connectivity index (χ2v) is 4.89. The molecule has 0 spiro atoms. The number of carbonyl (C=O) groups excluding carboxylic acids is 1. The fourth-order valence-corrected chi connectivity index (χ4v) is 2.16. The number of pyridine rings is 1. The zero-order chi connectivity index (χ0) is 14.3. The van der Waals surface area contributed by atoms with Crippen LogP contribution in [0.4, 0.5) is 0 Å². The minimum atomic E-state index is -0.0819. The summed E-state index contributed by atoms with van der Waals surface area (Å²) in [4.78, 5) is 18.3. The molecule has 0 aliphatic carbocycles. The van der Waals surface area contributed by atoms with Crippen LogP contribution in [0.15, 0.2) is 22.9 Å². The SMILES string of the molecule is COCCN(C(=O)c1cccnc1Br)C(C)COC. The first-order chi connectivity index (χ1) is 9.11. The summed E-state index contributed by atoms with van der Waals surface area (Å²) < 4.78 is 10.7. The number of methoxy groups -OCH3 is 2. The van der Waals surface area contributed by atoms with Crippen molar-refractivity contribution < 1.29 is 14.3 Å². The third-order valence-corrected chi connectivity index (χ3v) is 3.36. The summed E-state index contributed by atoms with van der Waals surface area (Å²) in [5.74, 6) is -0.0819. The number of aromatic nitrogens is 1. The maximum Gasteiger partial charge on any atom is 0.257 e. The minimum Gasteiger partial charge on any atom is -0.383 e. The quantitative estimate of drug-likeness (QED) is 0.717. The maximum absolute atomic E-state index is 12.5. The third-order valence-electron chi connectivity index (χ3n) is 2.73. The first-order valence-electron chi connectivity index (χ1n) is 6.01. The van der Waals surface area contributed by atoms with Gasteiger partial charge in [-0.05, 0) is 35.0 Å². The number of hydrogen-bond acceptors (Lipinski definition) is 4. The number of hydrogen-bond donors (Lipinski definition) is 0. The average molecular weight is 331 g/mol. The van der Waals surface area contributed by atoms with E-state index in [1.807, 2.05) is 6.92 Å². The molecule has 0 saturated carbocycles. The van der Waals surface area contributed by atoms with E-state index in [-0.39, 0.29) is 11.9 Å². The van der Waals surface area contributed by atoms with Crippen molar-refractivity contribution in [2.24, 2.45) is 0 Å². The molecule has 1 amide bonds. The first kappa shape index (κ1) is 16.1. The Bertz CT molecular complexity index is 415. The lowest BCUT2D eigenvalue weighted by atomic mass is 10.2. The van der Waals surface area contributed by atoms with Gasteiger partial charge in [0.15, 0.2) is 0 Å². The maximum atomic E-state index is 12.5. The van der Waals surface area contributed by atoms with Crippen LogP contribution in [-0.4, -0.2) is 55.8 Å². The largest absolute Gasteiger partial charge is 0.383 e. The molecule has 1 atom stereocenters. The lowest BCUT2D eigenvalue weighted by Gasteiger charge is -2.28. The molecule has 0 aliphatic heterocycles. The average Bonchev–Trinajstić information content (AvgIpc) is 2.39. The number of halogens is 1. The molecule has 1 unspecified atom stereocenters. The lowest BCUT2D eigenvalue weighted by molar-refractivity contribution is 0.0478. The Morgan fingerprint density at radius 1 is 1.47 bits per heavy atom. The van der Waals surface area contributed by atoms with Gasteiger partial charge in [0.2, 0.25) is 0 Å². The highest BCUT2D eigenvalue weighted by atomic mass is 79.9. The highest BCUT2D eigenvalue weighted by molar-refractivity contribution is 9.10. The van der Waals surface area contributed by atoms with Gasteiger partial charge < -0.3 is 14.4 Å². The number of ether oxygens (including phenoxy) is 2. The van der Waals surface area contributed by atoms with E-state index in [4.69, 9.17) is 9.47 Å². The Labute approximate surface area is 122 Å². The smallest absolute Gasteiger partial charge is 0.257 e. The molecular formula is C13H19BrN2O3. The van der Waals surface area contributed by atoms with Crippen LogP contribution >= 0.6 is 15.9 Å². The van der Waals surface area contributed by atoms with Gasteiger partial charge in [-0.15, -0.1) is 0 Å². The first-order valence-corrected chi connectivity index (χ1v) is 6.80. The van der Waals surface area contributed by atoms with Gasteiger partial charge in [-0.1, -0.05) is 0 Å². The molecule has 0 radical (unpaired) electrons. The third kappa shape index (κ3) is 4.56. The molecule has 19 heavy (non-hydrogen) atoms. The van der Waals surface area contributed by atoms with Gasteiger partial charge in [-0.25, -0.2) is 4.98 Å². The van der Waals surface area contributed by atoms with Crippen LogP contribution < -0.4 is 0 Å². The number of nitrogens with zero attached hydrogens (tertiary/aromatic N) is 2. The summed E-state index contributed by atoms with van der Waals surface area (Å²) in [5, 5.41) is 0. The minimum absolute atomic E-state index is 0.0280. The summed E-state index contributed by atoms with van der Waals surface area (Å²) in [6, 6.07) is 3.46. The van der Waals surface area contributed by atoms with Crippen molar-refractivity contribution in [2.45, 2.75) is 13.0 Å². The van der Waals surface area contributed by atoms with Crippen molar-refractivity contribution in [2.75, 3.05) is 34.0 Å². The lowest BCUT2D eigenvalue weighted by Crippen LogP contribution is -2.43. The summed E-state index contributed by atoms with van der Waals surface area (Å²) in [5.41, 5.74) is 0.543. The van der Waals surface area contributed by atoms with Crippen LogP contribution in [0.25, 0.3) is 0 Å². The molecule has 1 heterocycles. The predicted octanol–water partition coefficient (Wildman–Crippen LogP) is 1.97. The Balaban J connectivity index is 2.90. The van der Waals surface area contributed by atoms with Crippen molar-refractivity contribution in [1.82, 2.24) is 9.88 Å². The van der Waals surface area contributed by atoms with Crippen molar-refractivity contribution in [3.63, 3.8) is 0 Å². The fourth-order valence-electron chi connectivity index (χ4n) is 1.74. The van der Waals surface area contributed by atoms with Gasteiger partial charge in [0.05, 0.1) is 24.8 Å². The molecule has 1 aromatic heterocycles. The molecule has 5 nitrogen and oxygen atoms in total. The molecule has 6 heteroatoms. The van der Waals surface area contributed by atoms with Gasteiger partial charge >= 0.3 is 0 Å². The van der Waals surface area contributed by atoms with Gasteiger partial charge in [0.25, 0.3) is 5.91 Å². The molecule has 106 valence electrons. The van der Waals surface area contributed by atoms with Crippen molar-refractivity contribution in [3.05, 3.63) is 28.5 Å². The molecule has 0 aliphatic rings. The molecule has 0 N–H and O–H groups in total. The monoisotopic (exact) mass is 330 g/mol. The molecule has 0 fully saturated rings. The number of rotatable bonds is 7. The van der Waals surface area contributed by atoms with E-state index in [0.717, 1.165) is 0 Å². The second-order valence-electron chi connectivity index (χ2n) is 4.14. The highest BCUT2D eigenvalue weighted by Crippen LogP contribution is 2.16. The number of carbonyl (C=O) groups is 1. The van der Waals surface area contributed by atoms with Crippen molar-refractivity contribution in [1.29, 1.82) is 0 Å². The number of amides is 1. The van der Waals surface area contributed by atoms with E-state index in [2.05, 4.69) is 20.9 Å². The summed E-state index contributed by atoms with van der Waals surface area (Å²) in [6.45, 7) is 3.42. The zero-order valence-electron chi connectivity index (χ0n) is 11.4. The highest BCUT2D eigenvalue weighted by Gasteiger charge is 2.23. The summed E-state index contributed by atoms with van der Waals surface area (Å²) >= 11 is 3.30. The Kier molecular flexibility index (Phi) is 6.97. The molecule has 0 aromatic carbocycles. The van der Waals surface area contributed by atoms with Crippen LogP contribution in [0, 0.1) is 0 Å². The van der Waals surface area contributed by atoms with E-state index in [1.54, 1.807) is 37.4 Å². The van der Waals surface area contributed by atoms with Crippen LogP contribution in [0.2, 0.25) is 0 Å². The standard InChI is InChI=1S/C13H19BrN2O3/c1-10(9-19-3)16(7-8-18-2)13(17)11-5-4-6-15-12(11)14/h4-6,10H,7-9H2,1-3H3. The van der Waals surface area contributed by atoms with Crippen LogP contribution in [0.5, 0.6) is 0 Å².